The number of hydrogen-bond acceptors (Lipinski definition) is 4. The van der Waals surface area contributed by atoms with Crippen molar-refractivity contribution in [1.82, 2.24) is 19.7 Å². The first-order valence-corrected chi connectivity index (χ1v) is 7.38. The minimum Gasteiger partial charge on any atom is -0.476 e. The van der Waals surface area contributed by atoms with Gasteiger partial charge in [0.25, 0.3) is 0 Å². The van der Waals surface area contributed by atoms with E-state index in [4.69, 9.17) is 16.7 Å². The summed E-state index contributed by atoms with van der Waals surface area (Å²) in [6, 6.07) is 10.5. The normalized spacial score (nSPS) is 10.7. The first kappa shape index (κ1) is 15.2. The maximum Gasteiger partial charge on any atom is 0.356 e. The molecule has 3 aromatic rings. The fraction of sp³-hybridized carbons (Fsp3) is 0.125. The fourth-order valence-electron chi connectivity index (χ4n) is 2.10. The van der Waals surface area contributed by atoms with Crippen LogP contribution in [0.4, 0.5) is 0 Å². The van der Waals surface area contributed by atoms with Crippen LogP contribution in [0.3, 0.4) is 0 Å². The molecule has 116 valence electrons. The highest BCUT2D eigenvalue weighted by atomic mass is 35.5. The maximum absolute atomic E-state index is 11.0. The summed E-state index contributed by atoms with van der Waals surface area (Å²) in [6.07, 6.45) is 2.28. The van der Waals surface area contributed by atoms with Crippen LogP contribution in [0.5, 0.6) is 0 Å². The molecule has 0 fully saturated rings. The van der Waals surface area contributed by atoms with Crippen molar-refractivity contribution in [3.05, 3.63) is 59.0 Å². The highest BCUT2D eigenvalue weighted by Gasteiger charge is 2.12. The van der Waals surface area contributed by atoms with E-state index < -0.39 is 5.97 Å². The van der Waals surface area contributed by atoms with Gasteiger partial charge in [0.1, 0.15) is 0 Å². The number of carbonyl (C=O) groups is 1. The lowest BCUT2D eigenvalue weighted by atomic mass is 10.2. The SMILES string of the molecule is CCc1cc(-n2ccc(C(=O)O)n2)nc(-c2cccc(Cl)c2)n1. The summed E-state index contributed by atoms with van der Waals surface area (Å²) in [5.41, 5.74) is 1.59. The average molecular weight is 329 g/mol. The summed E-state index contributed by atoms with van der Waals surface area (Å²) in [7, 11) is 0. The number of carboxylic acids is 1. The van der Waals surface area contributed by atoms with Crippen molar-refractivity contribution in [2.24, 2.45) is 0 Å². The molecule has 0 amide bonds. The van der Waals surface area contributed by atoms with Gasteiger partial charge >= 0.3 is 5.97 Å². The Morgan fingerprint density at radius 3 is 2.74 bits per heavy atom. The van der Waals surface area contributed by atoms with E-state index in [9.17, 15) is 4.79 Å². The Kier molecular flexibility index (Phi) is 4.08. The highest BCUT2D eigenvalue weighted by molar-refractivity contribution is 6.30. The molecule has 0 aliphatic carbocycles. The zero-order chi connectivity index (χ0) is 16.4. The highest BCUT2D eigenvalue weighted by Crippen LogP contribution is 2.21. The minimum atomic E-state index is -1.08. The van der Waals surface area contributed by atoms with Gasteiger partial charge in [0.05, 0.1) is 0 Å². The molecule has 1 aromatic carbocycles. The van der Waals surface area contributed by atoms with Crippen LogP contribution < -0.4 is 0 Å². The minimum absolute atomic E-state index is 0.0361. The molecule has 0 aliphatic heterocycles. The number of aryl methyl sites for hydroxylation is 1. The summed E-state index contributed by atoms with van der Waals surface area (Å²) < 4.78 is 1.43. The van der Waals surface area contributed by atoms with Gasteiger partial charge in [0, 0.05) is 28.5 Å². The Balaban J connectivity index is 2.10. The Morgan fingerprint density at radius 2 is 2.09 bits per heavy atom. The number of rotatable bonds is 4. The molecule has 2 heterocycles. The van der Waals surface area contributed by atoms with Crippen molar-refractivity contribution in [2.75, 3.05) is 0 Å². The third-order valence-electron chi connectivity index (χ3n) is 3.25. The van der Waals surface area contributed by atoms with Crippen molar-refractivity contribution in [3.8, 4) is 17.2 Å². The number of nitrogens with zero attached hydrogens (tertiary/aromatic N) is 4. The molecule has 0 saturated carbocycles. The van der Waals surface area contributed by atoms with E-state index >= 15 is 0 Å². The zero-order valence-corrected chi connectivity index (χ0v) is 13.0. The zero-order valence-electron chi connectivity index (χ0n) is 12.3. The lowest BCUT2D eigenvalue weighted by Gasteiger charge is -2.07. The molecule has 0 aliphatic rings. The largest absolute Gasteiger partial charge is 0.476 e. The van der Waals surface area contributed by atoms with Crippen LogP contribution in [0, 0.1) is 0 Å². The molecule has 7 heteroatoms. The van der Waals surface area contributed by atoms with Gasteiger partial charge in [-0.1, -0.05) is 30.7 Å². The van der Waals surface area contributed by atoms with Gasteiger partial charge < -0.3 is 5.11 Å². The molecular formula is C16H13ClN4O2. The lowest BCUT2D eigenvalue weighted by Crippen LogP contribution is -2.06. The first-order chi connectivity index (χ1) is 11.1. The van der Waals surface area contributed by atoms with Crippen molar-refractivity contribution >= 4 is 17.6 Å². The number of aromatic nitrogens is 4. The molecule has 0 saturated heterocycles. The van der Waals surface area contributed by atoms with E-state index in [0.717, 1.165) is 17.7 Å². The molecular weight excluding hydrogens is 316 g/mol. The summed E-state index contributed by atoms with van der Waals surface area (Å²) in [6.45, 7) is 1.99. The lowest BCUT2D eigenvalue weighted by molar-refractivity contribution is 0.0690. The molecule has 23 heavy (non-hydrogen) atoms. The van der Waals surface area contributed by atoms with Gasteiger partial charge in [-0.3, -0.25) is 0 Å². The fourth-order valence-corrected chi connectivity index (χ4v) is 2.29. The summed E-state index contributed by atoms with van der Waals surface area (Å²) in [5, 5.41) is 13.6. The molecule has 0 bridgehead atoms. The predicted molar refractivity (Wildman–Crippen MR) is 85.9 cm³/mol. The van der Waals surface area contributed by atoms with Gasteiger partial charge in [-0.25, -0.2) is 19.4 Å². The van der Waals surface area contributed by atoms with Crippen LogP contribution in [-0.2, 0) is 6.42 Å². The van der Waals surface area contributed by atoms with E-state index in [-0.39, 0.29) is 5.69 Å². The Morgan fingerprint density at radius 1 is 1.26 bits per heavy atom. The summed E-state index contributed by atoms with van der Waals surface area (Å²) >= 11 is 6.02. The third-order valence-corrected chi connectivity index (χ3v) is 3.49. The Labute approximate surface area is 137 Å². The van der Waals surface area contributed by atoms with Gasteiger partial charge in [0.2, 0.25) is 0 Å². The van der Waals surface area contributed by atoms with E-state index in [0.29, 0.717) is 16.7 Å². The third kappa shape index (κ3) is 3.22. The maximum atomic E-state index is 11.0. The second kappa shape index (κ2) is 6.18. The van der Waals surface area contributed by atoms with Crippen LogP contribution >= 0.6 is 11.6 Å². The van der Waals surface area contributed by atoms with Gasteiger partial charge in [0.15, 0.2) is 17.3 Å². The molecule has 0 spiro atoms. The van der Waals surface area contributed by atoms with Crippen LogP contribution in [0.1, 0.15) is 23.1 Å². The van der Waals surface area contributed by atoms with Crippen LogP contribution in [0.15, 0.2) is 42.6 Å². The van der Waals surface area contributed by atoms with Crippen LogP contribution in [-0.4, -0.2) is 30.8 Å². The van der Waals surface area contributed by atoms with E-state index in [1.807, 2.05) is 19.1 Å². The second-order valence-corrected chi connectivity index (χ2v) is 5.29. The smallest absolute Gasteiger partial charge is 0.356 e. The number of hydrogen-bond donors (Lipinski definition) is 1. The summed E-state index contributed by atoms with van der Waals surface area (Å²) in [5.74, 6) is -0.0443. The number of halogens is 1. The van der Waals surface area contributed by atoms with E-state index in [1.54, 1.807) is 24.4 Å². The van der Waals surface area contributed by atoms with Crippen LogP contribution in [0.25, 0.3) is 17.2 Å². The van der Waals surface area contributed by atoms with Crippen molar-refractivity contribution in [2.45, 2.75) is 13.3 Å². The van der Waals surface area contributed by atoms with Crippen molar-refractivity contribution < 1.29 is 9.90 Å². The number of carboxylic acid groups (broad SMARTS) is 1. The quantitative estimate of drug-likeness (QED) is 0.795. The molecule has 0 radical (unpaired) electrons. The predicted octanol–water partition coefficient (Wildman–Crippen LogP) is 3.24. The van der Waals surface area contributed by atoms with Crippen molar-refractivity contribution in [3.63, 3.8) is 0 Å². The van der Waals surface area contributed by atoms with Gasteiger partial charge in [-0.05, 0) is 24.6 Å². The Bertz CT molecular complexity index is 876. The number of benzene rings is 1. The van der Waals surface area contributed by atoms with Gasteiger partial charge in [-0.2, -0.15) is 5.10 Å². The second-order valence-electron chi connectivity index (χ2n) is 4.86. The molecule has 0 unspecified atom stereocenters. The monoisotopic (exact) mass is 328 g/mol. The first-order valence-electron chi connectivity index (χ1n) is 7.00. The average Bonchev–Trinajstić information content (AvgIpc) is 3.05. The van der Waals surface area contributed by atoms with E-state index in [2.05, 4.69) is 15.1 Å². The summed E-state index contributed by atoms with van der Waals surface area (Å²) in [4.78, 5) is 19.9. The van der Waals surface area contributed by atoms with Crippen molar-refractivity contribution in [1.29, 1.82) is 0 Å². The van der Waals surface area contributed by atoms with Crippen LogP contribution in [0.2, 0.25) is 5.02 Å². The molecule has 3 rings (SSSR count). The molecule has 1 N–H and O–H groups in total. The standard InChI is InChI=1S/C16H13ClN4O2/c1-2-12-9-14(21-7-6-13(20-21)16(22)23)19-15(18-12)10-4-3-5-11(17)8-10/h3-9H,2H2,1H3,(H,22,23). The number of aromatic carboxylic acids is 1. The Hall–Kier alpha value is -2.73. The molecule has 0 atom stereocenters. The molecule has 6 nitrogen and oxygen atoms in total. The topological polar surface area (TPSA) is 80.9 Å². The molecule has 2 aromatic heterocycles. The van der Waals surface area contributed by atoms with Gasteiger partial charge in [-0.15, -0.1) is 0 Å². The van der Waals surface area contributed by atoms with E-state index in [1.165, 1.54) is 10.7 Å².